The number of rotatable bonds is 9. The number of hydrogen-bond acceptors (Lipinski definition) is 4. The van der Waals surface area contributed by atoms with Gasteiger partial charge in [0, 0.05) is 18.7 Å². The Morgan fingerprint density at radius 3 is 2.57 bits per heavy atom. The van der Waals surface area contributed by atoms with Crippen LogP contribution in [0.25, 0.3) is 10.2 Å². The van der Waals surface area contributed by atoms with Gasteiger partial charge in [-0.2, -0.15) is 4.99 Å². The van der Waals surface area contributed by atoms with Crippen molar-refractivity contribution in [2.75, 3.05) is 19.8 Å². The fraction of sp³-hybridized carbons (Fsp3) is 0.364. The SMILES string of the molecule is CCCCOc1ccc(C(=O)N=c2sc3ccc(Cl)c(Cl)c3n2CCOCC)cc1. The Bertz CT molecular complexity index is 1070. The average Bonchev–Trinajstić information content (AvgIpc) is 3.09. The van der Waals surface area contributed by atoms with E-state index in [-0.39, 0.29) is 5.91 Å². The third kappa shape index (κ3) is 5.43. The molecule has 5 nitrogen and oxygen atoms in total. The quantitative estimate of drug-likeness (QED) is 0.365. The Kier molecular flexibility index (Phi) is 8.33. The molecule has 3 aromatic rings. The third-order valence-electron chi connectivity index (χ3n) is 4.46. The van der Waals surface area contributed by atoms with Gasteiger partial charge in [-0.05, 0) is 49.7 Å². The molecule has 2 aromatic carbocycles. The molecule has 1 amide bonds. The van der Waals surface area contributed by atoms with Crippen molar-refractivity contribution in [3.8, 4) is 5.75 Å². The first kappa shape index (κ1) is 22.8. The molecule has 0 aliphatic rings. The molecule has 30 heavy (non-hydrogen) atoms. The van der Waals surface area contributed by atoms with E-state index < -0.39 is 0 Å². The van der Waals surface area contributed by atoms with Gasteiger partial charge in [0.2, 0.25) is 0 Å². The van der Waals surface area contributed by atoms with Gasteiger partial charge < -0.3 is 14.0 Å². The van der Waals surface area contributed by atoms with Crippen molar-refractivity contribution in [1.29, 1.82) is 0 Å². The van der Waals surface area contributed by atoms with Gasteiger partial charge in [0.15, 0.2) is 4.80 Å². The van der Waals surface area contributed by atoms with Gasteiger partial charge in [-0.3, -0.25) is 4.79 Å². The minimum Gasteiger partial charge on any atom is -0.494 e. The van der Waals surface area contributed by atoms with Gasteiger partial charge in [-0.25, -0.2) is 0 Å². The largest absolute Gasteiger partial charge is 0.494 e. The van der Waals surface area contributed by atoms with Gasteiger partial charge >= 0.3 is 0 Å². The number of fused-ring (bicyclic) bond motifs is 1. The van der Waals surface area contributed by atoms with Crippen molar-refractivity contribution < 1.29 is 14.3 Å². The normalized spacial score (nSPS) is 11.9. The highest BCUT2D eigenvalue weighted by molar-refractivity contribution is 7.16. The number of benzene rings is 2. The van der Waals surface area contributed by atoms with Crippen molar-refractivity contribution in [1.82, 2.24) is 4.57 Å². The summed E-state index contributed by atoms with van der Waals surface area (Å²) in [6, 6.07) is 10.7. The molecule has 0 radical (unpaired) electrons. The summed E-state index contributed by atoms with van der Waals surface area (Å²) < 4.78 is 13.9. The van der Waals surface area contributed by atoms with Crippen LogP contribution in [0.3, 0.4) is 0 Å². The molecule has 160 valence electrons. The van der Waals surface area contributed by atoms with E-state index in [9.17, 15) is 4.79 Å². The van der Waals surface area contributed by atoms with E-state index in [1.165, 1.54) is 11.3 Å². The summed E-state index contributed by atoms with van der Waals surface area (Å²) >= 11 is 14.1. The molecule has 0 unspecified atom stereocenters. The summed E-state index contributed by atoms with van der Waals surface area (Å²) in [5, 5.41) is 0.910. The van der Waals surface area contributed by atoms with Crippen LogP contribution in [0.15, 0.2) is 41.4 Å². The second-order valence-electron chi connectivity index (χ2n) is 6.58. The molecular weight excluding hydrogens is 443 g/mol. The Balaban J connectivity index is 1.93. The van der Waals surface area contributed by atoms with E-state index in [1.54, 1.807) is 30.3 Å². The lowest BCUT2D eigenvalue weighted by molar-refractivity contribution is 0.0996. The van der Waals surface area contributed by atoms with Crippen molar-refractivity contribution in [2.24, 2.45) is 4.99 Å². The van der Waals surface area contributed by atoms with Crippen LogP contribution in [0, 0.1) is 0 Å². The van der Waals surface area contributed by atoms with Gasteiger partial charge in [0.1, 0.15) is 5.75 Å². The predicted octanol–water partition coefficient (Wildman–Crippen LogP) is 5.97. The molecule has 0 fully saturated rings. The van der Waals surface area contributed by atoms with E-state index in [2.05, 4.69) is 11.9 Å². The molecule has 0 spiro atoms. The average molecular weight is 467 g/mol. The molecule has 1 aromatic heterocycles. The van der Waals surface area contributed by atoms with Crippen LogP contribution in [0.5, 0.6) is 5.75 Å². The highest BCUT2D eigenvalue weighted by Gasteiger charge is 2.14. The lowest BCUT2D eigenvalue weighted by atomic mass is 10.2. The Labute approximate surface area is 189 Å². The van der Waals surface area contributed by atoms with Crippen LogP contribution >= 0.6 is 34.5 Å². The minimum atomic E-state index is -0.325. The highest BCUT2D eigenvalue weighted by Crippen LogP contribution is 2.32. The second-order valence-corrected chi connectivity index (χ2v) is 8.38. The van der Waals surface area contributed by atoms with Crippen molar-refractivity contribution in [3.63, 3.8) is 0 Å². The summed E-state index contributed by atoms with van der Waals surface area (Å²) in [4.78, 5) is 17.7. The molecule has 3 rings (SSSR count). The maximum Gasteiger partial charge on any atom is 0.279 e. The number of aromatic nitrogens is 1. The number of amides is 1. The summed E-state index contributed by atoms with van der Waals surface area (Å²) in [5.41, 5.74) is 1.26. The van der Waals surface area contributed by atoms with Gasteiger partial charge in [-0.15, -0.1) is 0 Å². The monoisotopic (exact) mass is 466 g/mol. The molecular formula is C22H24Cl2N2O3S. The predicted molar refractivity (Wildman–Crippen MR) is 123 cm³/mol. The lowest BCUT2D eigenvalue weighted by Crippen LogP contribution is -2.20. The van der Waals surface area contributed by atoms with E-state index in [1.807, 2.05) is 17.6 Å². The zero-order valence-electron chi connectivity index (χ0n) is 17.0. The topological polar surface area (TPSA) is 52.8 Å². The molecule has 8 heteroatoms. The van der Waals surface area contributed by atoms with E-state index in [0.29, 0.717) is 46.8 Å². The van der Waals surface area contributed by atoms with Crippen LogP contribution in [0.2, 0.25) is 10.0 Å². The zero-order chi connectivity index (χ0) is 21.5. The summed E-state index contributed by atoms with van der Waals surface area (Å²) in [6.45, 7) is 6.32. The van der Waals surface area contributed by atoms with E-state index >= 15 is 0 Å². The first-order chi connectivity index (χ1) is 14.5. The van der Waals surface area contributed by atoms with Crippen molar-refractivity contribution >= 4 is 50.7 Å². The minimum absolute atomic E-state index is 0.325. The van der Waals surface area contributed by atoms with Gasteiger partial charge in [0.05, 0.1) is 33.5 Å². The second kappa shape index (κ2) is 11.0. The zero-order valence-corrected chi connectivity index (χ0v) is 19.3. The number of carbonyl (C=O) groups excluding carboxylic acids is 1. The molecule has 0 bridgehead atoms. The summed E-state index contributed by atoms with van der Waals surface area (Å²) in [6.07, 6.45) is 2.07. The maximum atomic E-state index is 12.8. The standard InChI is InChI=1S/C22H24Cl2N2O3S/c1-3-5-13-29-16-8-6-15(7-9-16)21(27)25-22-26(12-14-28-4-2)20-18(30-22)11-10-17(23)19(20)24/h6-11H,3-5,12-14H2,1-2H3. The fourth-order valence-electron chi connectivity index (χ4n) is 2.88. The molecule has 0 saturated heterocycles. The first-order valence-electron chi connectivity index (χ1n) is 9.92. The number of nitrogens with zero attached hydrogens (tertiary/aromatic N) is 2. The Hall–Kier alpha value is -1.86. The molecule has 0 saturated carbocycles. The number of thiazole rings is 1. The number of hydrogen-bond donors (Lipinski definition) is 0. The Morgan fingerprint density at radius 2 is 1.87 bits per heavy atom. The first-order valence-corrected chi connectivity index (χ1v) is 11.5. The van der Waals surface area contributed by atoms with E-state index in [4.69, 9.17) is 32.7 Å². The molecule has 0 aliphatic carbocycles. The molecule has 0 atom stereocenters. The van der Waals surface area contributed by atoms with Crippen LogP contribution in [0.4, 0.5) is 0 Å². The Morgan fingerprint density at radius 1 is 1.10 bits per heavy atom. The van der Waals surface area contributed by atoms with Crippen molar-refractivity contribution in [2.45, 2.75) is 33.2 Å². The van der Waals surface area contributed by atoms with Crippen molar-refractivity contribution in [3.05, 3.63) is 56.8 Å². The highest BCUT2D eigenvalue weighted by atomic mass is 35.5. The summed E-state index contributed by atoms with van der Waals surface area (Å²) in [7, 11) is 0. The lowest BCUT2D eigenvalue weighted by Gasteiger charge is -2.07. The number of halogens is 2. The number of carbonyl (C=O) groups is 1. The summed E-state index contributed by atoms with van der Waals surface area (Å²) in [5.74, 6) is 0.420. The molecule has 0 aliphatic heterocycles. The molecule has 0 N–H and O–H groups in total. The van der Waals surface area contributed by atoms with Crippen LogP contribution in [-0.2, 0) is 11.3 Å². The number of unbranched alkanes of at least 4 members (excludes halogenated alkanes) is 1. The fourth-order valence-corrected chi connectivity index (χ4v) is 4.41. The van der Waals surface area contributed by atoms with E-state index in [0.717, 1.165) is 28.8 Å². The van der Waals surface area contributed by atoms with Crippen LogP contribution < -0.4 is 9.54 Å². The molecule has 1 heterocycles. The van der Waals surface area contributed by atoms with Gasteiger partial charge in [-0.1, -0.05) is 47.9 Å². The van der Waals surface area contributed by atoms with Crippen LogP contribution in [0.1, 0.15) is 37.0 Å². The van der Waals surface area contributed by atoms with Gasteiger partial charge in [0.25, 0.3) is 5.91 Å². The third-order valence-corrected chi connectivity index (χ3v) is 6.30. The number of ether oxygens (including phenoxy) is 2. The van der Waals surface area contributed by atoms with Crippen LogP contribution in [-0.4, -0.2) is 30.3 Å². The maximum absolute atomic E-state index is 12.8. The smallest absolute Gasteiger partial charge is 0.279 e.